The molecule has 1 aromatic rings. The van der Waals surface area contributed by atoms with Crippen molar-refractivity contribution in [2.24, 2.45) is 0 Å². The molecule has 0 aromatic carbocycles. The average molecular weight is 179 g/mol. The molecular weight excluding hydrogens is 166 g/mol. The highest BCUT2D eigenvalue weighted by atomic mass is 16.1. The third-order valence-electron chi connectivity index (χ3n) is 1.64. The van der Waals surface area contributed by atoms with Gasteiger partial charge in [-0.3, -0.25) is 9.48 Å². The van der Waals surface area contributed by atoms with Crippen molar-refractivity contribution in [3.05, 3.63) is 30.6 Å². The monoisotopic (exact) mass is 179 g/mol. The normalized spacial score (nSPS) is 9.92. The average Bonchev–Trinajstić information content (AvgIpc) is 2.54. The fraction of sp³-hybridized carbons (Fsp3) is 0.333. The van der Waals surface area contributed by atoms with Gasteiger partial charge in [-0.2, -0.15) is 5.10 Å². The van der Waals surface area contributed by atoms with Gasteiger partial charge in [-0.05, 0) is 13.1 Å². The first kappa shape index (κ1) is 9.67. The lowest BCUT2D eigenvalue weighted by molar-refractivity contribution is 0.0984. The molecule has 0 fully saturated rings. The van der Waals surface area contributed by atoms with E-state index >= 15 is 0 Å². The highest BCUT2D eigenvalue weighted by Gasteiger charge is 2.09. The number of allylic oxidation sites excluding steroid dienone is 1. The van der Waals surface area contributed by atoms with Crippen molar-refractivity contribution in [1.82, 2.24) is 15.1 Å². The number of hydrogen-bond donors (Lipinski definition) is 1. The van der Waals surface area contributed by atoms with Crippen LogP contribution in [0.2, 0.25) is 0 Å². The van der Waals surface area contributed by atoms with Crippen LogP contribution in [0.3, 0.4) is 0 Å². The predicted molar refractivity (Wildman–Crippen MR) is 50.7 cm³/mol. The van der Waals surface area contributed by atoms with Crippen molar-refractivity contribution in [1.29, 1.82) is 0 Å². The Morgan fingerprint density at radius 3 is 3.23 bits per heavy atom. The standard InChI is InChI=1S/C9H13N3O/c1-3-6-12-8(4-5-11-12)9(13)7-10-2/h3-5,10H,1,6-7H2,2H3. The zero-order valence-corrected chi connectivity index (χ0v) is 7.66. The zero-order valence-electron chi connectivity index (χ0n) is 7.66. The van der Waals surface area contributed by atoms with Crippen LogP contribution in [0, 0.1) is 0 Å². The predicted octanol–water partition coefficient (Wildman–Crippen LogP) is 0.471. The number of carbonyl (C=O) groups excluding carboxylic acids is 1. The fourth-order valence-corrected chi connectivity index (χ4v) is 1.09. The number of hydrogen-bond acceptors (Lipinski definition) is 3. The lowest BCUT2D eigenvalue weighted by Crippen LogP contribution is -2.21. The number of rotatable bonds is 5. The number of nitrogens with zero attached hydrogens (tertiary/aromatic N) is 2. The Hall–Kier alpha value is -1.42. The first-order valence-electron chi connectivity index (χ1n) is 4.10. The minimum atomic E-state index is 0.0434. The van der Waals surface area contributed by atoms with Crippen LogP contribution in [0.15, 0.2) is 24.9 Å². The number of nitrogens with one attached hydrogen (secondary N) is 1. The van der Waals surface area contributed by atoms with E-state index in [4.69, 9.17) is 0 Å². The van der Waals surface area contributed by atoms with Crippen molar-refractivity contribution in [2.45, 2.75) is 6.54 Å². The number of likely N-dealkylation sites (N-methyl/N-ethyl adjacent to an activating group) is 1. The van der Waals surface area contributed by atoms with Crippen LogP contribution in [-0.2, 0) is 6.54 Å². The van der Waals surface area contributed by atoms with Crippen LogP contribution in [-0.4, -0.2) is 29.2 Å². The van der Waals surface area contributed by atoms with Crippen LogP contribution in [0.4, 0.5) is 0 Å². The quantitative estimate of drug-likeness (QED) is 0.528. The summed E-state index contributed by atoms with van der Waals surface area (Å²) < 4.78 is 1.63. The molecule has 1 heterocycles. The molecule has 0 aliphatic rings. The minimum absolute atomic E-state index is 0.0434. The maximum absolute atomic E-state index is 11.4. The summed E-state index contributed by atoms with van der Waals surface area (Å²) in [7, 11) is 1.74. The Labute approximate surface area is 77.3 Å². The SMILES string of the molecule is C=CCn1nccc1C(=O)CNC. The maximum Gasteiger partial charge on any atom is 0.194 e. The lowest BCUT2D eigenvalue weighted by atomic mass is 10.3. The van der Waals surface area contributed by atoms with Crippen LogP contribution in [0.25, 0.3) is 0 Å². The van der Waals surface area contributed by atoms with Crippen LogP contribution in [0.5, 0.6) is 0 Å². The maximum atomic E-state index is 11.4. The Bertz CT molecular complexity index is 304. The molecule has 4 heteroatoms. The molecule has 4 nitrogen and oxygen atoms in total. The van der Waals surface area contributed by atoms with Gasteiger partial charge in [0, 0.05) is 6.20 Å². The summed E-state index contributed by atoms with van der Waals surface area (Å²) in [5.74, 6) is 0.0434. The van der Waals surface area contributed by atoms with Gasteiger partial charge < -0.3 is 5.32 Å². The van der Waals surface area contributed by atoms with Gasteiger partial charge >= 0.3 is 0 Å². The minimum Gasteiger partial charge on any atom is -0.313 e. The Morgan fingerprint density at radius 2 is 2.62 bits per heavy atom. The Kier molecular flexibility index (Phi) is 3.40. The molecule has 13 heavy (non-hydrogen) atoms. The van der Waals surface area contributed by atoms with Gasteiger partial charge in [-0.1, -0.05) is 6.08 Å². The van der Waals surface area contributed by atoms with E-state index in [9.17, 15) is 4.79 Å². The fourth-order valence-electron chi connectivity index (χ4n) is 1.09. The van der Waals surface area contributed by atoms with Gasteiger partial charge in [0.2, 0.25) is 0 Å². The van der Waals surface area contributed by atoms with Crippen molar-refractivity contribution < 1.29 is 4.79 Å². The first-order valence-corrected chi connectivity index (χ1v) is 4.10. The van der Waals surface area contributed by atoms with Crippen LogP contribution >= 0.6 is 0 Å². The van der Waals surface area contributed by atoms with Gasteiger partial charge in [0.05, 0.1) is 13.1 Å². The van der Waals surface area contributed by atoms with E-state index in [0.29, 0.717) is 18.8 Å². The molecule has 0 saturated heterocycles. The second kappa shape index (κ2) is 4.57. The summed E-state index contributed by atoms with van der Waals surface area (Å²) in [6.45, 7) is 4.50. The number of aromatic nitrogens is 2. The molecule has 70 valence electrons. The highest BCUT2D eigenvalue weighted by molar-refractivity contribution is 5.96. The summed E-state index contributed by atoms with van der Waals surface area (Å²) >= 11 is 0. The van der Waals surface area contributed by atoms with E-state index in [1.807, 2.05) is 0 Å². The summed E-state index contributed by atoms with van der Waals surface area (Å²) in [5.41, 5.74) is 0.620. The second-order valence-electron chi connectivity index (χ2n) is 2.64. The molecular formula is C9H13N3O. The molecule has 0 amide bonds. The number of Topliss-reactive ketones (excluding diaryl/α,β-unsaturated/α-hetero) is 1. The largest absolute Gasteiger partial charge is 0.313 e. The molecule has 0 spiro atoms. The van der Waals surface area contributed by atoms with Crippen LogP contribution in [0.1, 0.15) is 10.5 Å². The van der Waals surface area contributed by atoms with E-state index in [1.54, 1.807) is 30.1 Å². The smallest absolute Gasteiger partial charge is 0.194 e. The van der Waals surface area contributed by atoms with Crippen LogP contribution < -0.4 is 5.32 Å². The zero-order chi connectivity index (χ0) is 9.68. The van der Waals surface area contributed by atoms with E-state index in [2.05, 4.69) is 17.0 Å². The molecule has 0 saturated carbocycles. The van der Waals surface area contributed by atoms with Gasteiger partial charge in [-0.25, -0.2) is 0 Å². The summed E-state index contributed by atoms with van der Waals surface area (Å²) in [6, 6.07) is 1.71. The Balaban J connectivity index is 2.80. The molecule has 0 aliphatic heterocycles. The first-order chi connectivity index (χ1) is 6.29. The molecule has 0 aliphatic carbocycles. The molecule has 1 rings (SSSR count). The summed E-state index contributed by atoms with van der Waals surface area (Å²) in [6.07, 6.45) is 3.33. The number of carbonyl (C=O) groups is 1. The molecule has 0 atom stereocenters. The number of ketones is 1. The van der Waals surface area contributed by atoms with Crippen molar-refractivity contribution >= 4 is 5.78 Å². The molecule has 0 radical (unpaired) electrons. The Morgan fingerprint density at radius 1 is 1.85 bits per heavy atom. The van der Waals surface area contributed by atoms with E-state index < -0.39 is 0 Å². The topological polar surface area (TPSA) is 46.9 Å². The molecule has 0 unspecified atom stereocenters. The van der Waals surface area contributed by atoms with E-state index in [1.165, 1.54) is 0 Å². The van der Waals surface area contributed by atoms with Crippen molar-refractivity contribution in [2.75, 3.05) is 13.6 Å². The van der Waals surface area contributed by atoms with Gasteiger partial charge in [0.1, 0.15) is 5.69 Å². The van der Waals surface area contributed by atoms with Gasteiger partial charge in [0.15, 0.2) is 5.78 Å². The van der Waals surface area contributed by atoms with Crippen molar-refractivity contribution in [3.63, 3.8) is 0 Å². The molecule has 0 bridgehead atoms. The molecule has 1 aromatic heterocycles. The third-order valence-corrected chi connectivity index (χ3v) is 1.64. The third kappa shape index (κ3) is 2.26. The van der Waals surface area contributed by atoms with E-state index in [-0.39, 0.29) is 5.78 Å². The second-order valence-corrected chi connectivity index (χ2v) is 2.64. The lowest BCUT2D eigenvalue weighted by Gasteiger charge is -2.02. The van der Waals surface area contributed by atoms with E-state index in [0.717, 1.165) is 0 Å². The van der Waals surface area contributed by atoms with Gasteiger partial charge in [0.25, 0.3) is 0 Å². The molecule has 1 N–H and O–H groups in total. The highest BCUT2D eigenvalue weighted by Crippen LogP contribution is 1.99. The summed E-state index contributed by atoms with van der Waals surface area (Å²) in [4.78, 5) is 11.4. The van der Waals surface area contributed by atoms with Crippen molar-refractivity contribution in [3.8, 4) is 0 Å². The summed E-state index contributed by atoms with van der Waals surface area (Å²) in [5, 5.41) is 6.81. The van der Waals surface area contributed by atoms with Gasteiger partial charge in [-0.15, -0.1) is 6.58 Å².